The van der Waals surface area contributed by atoms with E-state index in [2.05, 4.69) is 4.72 Å². The number of aliphatic carboxylic acids is 1. The molecular formula is C17H23FN2O4S. The first kappa shape index (κ1) is 18.3. The van der Waals surface area contributed by atoms with E-state index in [9.17, 15) is 17.6 Å². The molecule has 0 bridgehead atoms. The maximum Gasteiger partial charge on any atom is 0.317 e. The second kappa shape index (κ2) is 7.01. The van der Waals surface area contributed by atoms with Crippen molar-refractivity contribution >= 4 is 16.0 Å². The number of carboxylic acids is 1. The first-order chi connectivity index (χ1) is 11.7. The molecule has 1 aromatic carbocycles. The molecule has 0 unspecified atom stereocenters. The zero-order valence-electron chi connectivity index (χ0n) is 14.1. The third kappa shape index (κ3) is 4.56. The molecule has 25 heavy (non-hydrogen) atoms. The van der Waals surface area contributed by atoms with Crippen molar-refractivity contribution in [3.63, 3.8) is 0 Å². The van der Waals surface area contributed by atoms with E-state index >= 15 is 0 Å². The van der Waals surface area contributed by atoms with Crippen LogP contribution in [0.4, 0.5) is 4.39 Å². The molecule has 2 fully saturated rings. The molecule has 8 heteroatoms. The lowest BCUT2D eigenvalue weighted by Crippen LogP contribution is -2.55. The molecule has 0 aromatic heterocycles. The lowest BCUT2D eigenvalue weighted by atomic mass is 9.86. The summed E-state index contributed by atoms with van der Waals surface area (Å²) >= 11 is 0. The smallest absolute Gasteiger partial charge is 0.317 e. The molecule has 2 N–H and O–H groups in total. The maximum atomic E-state index is 13.6. The largest absolute Gasteiger partial charge is 0.480 e. The molecule has 0 spiro atoms. The Balaban J connectivity index is 1.57. The van der Waals surface area contributed by atoms with Crippen molar-refractivity contribution in [3.05, 3.63) is 29.6 Å². The predicted octanol–water partition coefficient (Wildman–Crippen LogP) is 1.74. The van der Waals surface area contributed by atoms with Crippen LogP contribution in [0.1, 0.15) is 31.2 Å². The minimum atomic E-state index is -3.77. The minimum Gasteiger partial charge on any atom is -0.480 e. The quantitative estimate of drug-likeness (QED) is 0.728. The van der Waals surface area contributed by atoms with Gasteiger partial charge in [-0.05, 0) is 56.2 Å². The summed E-state index contributed by atoms with van der Waals surface area (Å²) in [6, 6.07) is 3.70. The zero-order valence-corrected chi connectivity index (χ0v) is 14.9. The van der Waals surface area contributed by atoms with E-state index in [4.69, 9.17) is 5.11 Å². The Morgan fingerprint density at radius 2 is 2.04 bits per heavy atom. The van der Waals surface area contributed by atoms with Crippen LogP contribution in [0.5, 0.6) is 0 Å². The predicted molar refractivity (Wildman–Crippen MR) is 90.2 cm³/mol. The summed E-state index contributed by atoms with van der Waals surface area (Å²) in [5.41, 5.74) is 0.395. The van der Waals surface area contributed by atoms with Gasteiger partial charge in [-0.3, -0.25) is 9.69 Å². The van der Waals surface area contributed by atoms with Gasteiger partial charge < -0.3 is 5.11 Å². The van der Waals surface area contributed by atoms with Crippen molar-refractivity contribution < 1.29 is 22.7 Å². The lowest BCUT2D eigenvalue weighted by Gasteiger charge is -2.42. The fraction of sp³-hybridized carbons (Fsp3) is 0.588. The van der Waals surface area contributed by atoms with Crippen molar-refractivity contribution in [2.45, 2.75) is 49.6 Å². The molecule has 0 amide bonds. The Morgan fingerprint density at radius 3 is 2.60 bits per heavy atom. The van der Waals surface area contributed by atoms with Gasteiger partial charge in [0, 0.05) is 18.6 Å². The monoisotopic (exact) mass is 370 g/mol. The molecule has 6 nitrogen and oxygen atoms in total. The molecule has 2 aliphatic rings. The number of rotatable bonds is 8. The highest BCUT2D eigenvalue weighted by molar-refractivity contribution is 7.89. The number of nitrogens with zero attached hydrogens (tertiary/aromatic N) is 1. The van der Waals surface area contributed by atoms with Gasteiger partial charge in [-0.25, -0.2) is 17.5 Å². The second-order valence-electron chi connectivity index (χ2n) is 7.12. The van der Waals surface area contributed by atoms with Crippen LogP contribution in [0, 0.1) is 18.7 Å². The number of benzene rings is 1. The van der Waals surface area contributed by atoms with Crippen molar-refractivity contribution in [2.24, 2.45) is 5.92 Å². The maximum absolute atomic E-state index is 13.6. The van der Waals surface area contributed by atoms with Crippen molar-refractivity contribution in [2.75, 3.05) is 13.1 Å². The van der Waals surface area contributed by atoms with Gasteiger partial charge in [0.05, 0.1) is 11.4 Å². The second-order valence-corrected chi connectivity index (χ2v) is 8.83. The summed E-state index contributed by atoms with van der Waals surface area (Å²) in [4.78, 5) is 12.9. The lowest BCUT2D eigenvalue weighted by molar-refractivity contribution is -0.139. The van der Waals surface area contributed by atoms with Crippen LogP contribution in [0.3, 0.4) is 0 Å². The Hall–Kier alpha value is -1.51. The van der Waals surface area contributed by atoms with E-state index in [1.54, 1.807) is 6.92 Å². The summed E-state index contributed by atoms with van der Waals surface area (Å²) in [7, 11) is -3.77. The minimum absolute atomic E-state index is 0.0101. The molecule has 0 saturated heterocycles. The number of sulfonamides is 1. The van der Waals surface area contributed by atoms with Crippen LogP contribution in [0.15, 0.2) is 23.1 Å². The van der Waals surface area contributed by atoms with Crippen LogP contribution < -0.4 is 4.72 Å². The number of halogens is 1. The SMILES string of the molecule is Cc1ccc(S(=O)(=O)NC2CC(N(CC(=O)O)CC3CC3)C2)cc1F. The molecule has 1 aromatic rings. The van der Waals surface area contributed by atoms with E-state index in [0.29, 0.717) is 24.3 Å². The van der Waals surface area contributed by atoms with Crippen molar-refractivity contribution in [1.82, 2.24) is 9.62 Å². The third-order valence-electron chi connectivity index (χ3n) is 4.93. The van der Waals surface area contributed by atoms with E-state index in [1.807, 2.05) is 4.90 Å². The van der Waals surface area contributed by atoms with Gasteiger partial charge in [0.2, 0.25) is 10.0 Å². The van der Waals surface area contributed by atoms with Gasteiger partial charge in [0.25, 0.3) is 0 Å². The summed E-state index contributed by atoms with van der Waals surface area (Å²) in [6.07, 6.45) is 3.43. The highest BCUT2D eigenvalue weighted by Crippen LogP contribution is 2.34. The van der Waals surface area contributed by atoms with Crippen LogP contribution in [0.25, 0.3) is 0 Å². The number of carboxylic acid groups (broad SMARTS) is 1. The number of hydrogen-bond donors (Lipinski definition) is 2. The highest BCUT2D eigenvalue weighted by atomic mass is 32.2. The first-order valence-corrected chi connectivity index (χ1v) is 9.97. The fourth-order valence-corrected chi connectivity index (χ4v) is 4.43. The van der Waals surface area contributed by atoms with Crippen molar-refractivity contribution in [1.29, 1.82) is 0 Å². The number of hydrogen-bond acceptors (Lipinski definition) is 4. The summed E-state index contributed by atoms with van der Waals surface area (Å²) < 4.78 is 40.9. The zero-order chi connectivity index (χ0) is 18.2. The van der Waals surface area contributed by atoms with Crippen LogP contribution in [-0.2, 0) is 14.8 Å². The Labute approximate surface area is 147 Å². The average Bonchev–Trinajstić information content (AvgIpc) is 3.28. The molecule has 0 atom stereocenters. The fourth-order valence-electron chi connectivity index (χ4n) is 3.16. The molecule has 0 radical (unpaired) electrons. The molecule has 2 aliphatic carbocycles. The number of aryl methyl sites for hydroxylation is 1. The molecule has 0 heterocycles. The molecule has 3 rings (SSSR count). The van der Waals surface area contributed by atoms with Crippen LogP contribution >= 0.6 is 0 Å². The first-order valence-electron chi connectivity index (χ1n) is 8.49. The van der Waals surface area contributed by atoms with E-state index in [-0.39, 0.29) is 23.5 Å². The van der Waals surface area contributed by atoms with Crippen molar-refractivity contribution in [3.8, 4) is 0 Å². The number of nitrogens with one attached hydrogen (secondary N) is 1. The standard InChI is InChI=1S/C17H23FN2O4S/c1-11-2-5-15(8-16(11)18)25(23,24)19-13-6-14(7-13)20(10-17(21)22)9-12-3-4-12/h2,5,8,12-14,19H,3-4,6-7,9-10H2,1H3,(H,21,22). The normalized spacial score (nSPS) is 23.5. The van der Waals surface area contributed by atoms with Crippen LogP contribution in [0.2, 0.25) is 0 Å². The molecule has 0 aliphatic heterocycles. The van der Waals surface area contributed by atoms with Gasteiger partial charge in [-0.2, -0.15) is 0 Å². The van der Waals surface area contributed by atoms with Gasteiger partial charge in [0.15, 0.2) is 0 Å². The highest BCUT2D eigenvalue weighted by Gasteiger charge is 2.38. The Kier molecular flexibility index (Phi) is 5.13. The van der Waals surface area contributed by atoms with E-state index < -0.39 is 21.8 Å². The van der Waals surface area contributed by atoms with Gasteiger partial charge in [0.1, 0.15) is 5.82 Å². The topological polar surface area (TPSA) is 86.7 Å². The van der Waals surface area contributed by atoms with E-state index in [0.717, 1.165) is 25.5 Å². The summed E-state index contributed by atoms with van der Waals surface area (Å²) in [5, 5.41) is 9.05. The van der Waals surface area contributed by atoms with Gasteiger partial charge >= 0.3 is 5.97 Å². The molecular weight excluding hydrogens is 347 g/mol. The molecule has 138 valence electrons. The summed E-state index contributed by atoms with van der Waals surface area (Å²) in [5.74, 6) is -0.836. The number of carbonyl (C=O) groups is 1. The Morgan fingerprint density at radius 1 is 1.36 bits per heavy atom. The average molecular weight is 370 g/mol. The van der Waals surface area contributed by atoms with Gasteiger partial charge in [-0.15, -0.1) is 0 Å². The van der Waals surface area contributed by atoms with E-state index in [1.165, 1.54) is 12.1 Å². The van der Waals surface area contributed by atoms with Crippen LogP contribution in [-0.4, -0.2) is 49.6 Å². The summed E-state index contributed by atoms with van der Waals surface area (Å²) in [6.45, 7) is 2.33. The third-order valence-corrected chi connectivity index (χ3v) is 6.45. The molecule has 2 saturated carbocycles. The Bertz CT molecular complexity index is 758. The van der Waals surface area contributed by atoms with Gasteiger partial charge in [-0.1, -0.05) is 6.07 Å².